The van der Waals surface area contributed by atoms with Gasteiger partial charge in [0.2, 0.25) is 0 Å². The first-order valence-electron chi connectivity index (χ1n) is 9.74. The van der Waals surface area contributed by atoms with Crippen LogP contribution in [0.4, 0.5) is 0 Å². The summed E-state index contributed by atoms with van der Waals surface area (Å²) in [5.41, 5.74) is 1.44. The van der Waals surface area contributed by atoms with E-state index in [4.69, 9.17) is 4.74 Å². The molecule has 10 heteroatoms. The van der Waals surface area contributed by atoms with Gasteiger partial charge in [-0.1, -0.05) is 17.7 Å². The number of ether oxygens (including phenoxy) is 1. The number of Topliss-reactive ketones (excluding diaryl/α,β-unsaturated/α-hetero) is 2. The number of nitrogens with two attached hydrogens (primary N) is 1. The van der Waals surface area contributed by atoms with E-state index >= 15 is 0 Å². The van der Waals surface area contributed by atoms with Crippen molar-refractivity contribution in [2.24, 2.45) is 0 Å². The van der Waals surface area contributed by atoms with E-state index in [1.807, 2.05) is 0 Å². The van der Waals surface area contributed by atoms with Crippen LogP contribution in [0.25, 0.3) is 0 Å². The highest BCUT2D eigenvalue weighted by molar-refractivity contribution is 7.96. The van der Waals surface area contributed by atoms with Crippen molar-refractivity contribution in [3.63, 3.8) is 0 Å². The molecule has 0 atom stereocenters. The molecule has 0 amide bonds. The average molecular weight is 489 g/mol. The molecule has 0 saturated carbocycles. The molecule has 0 bridgehead atoms. The van der Waals surface area contributed by atoms with Gasteiger partial charge in [0.1, 0.15) is 21.3 Å². The zero-order valence-corrected chi connectivity index (χ0v) is 19.7. The highest BCUT2D eigenvalue weighted by atomic mass is 32.3. The predicted molar refractivity (Wildman–Crippen MR) is 120 cm³/mol. The SMILES string of the molecule is CC(=O)c1cc(Oc2ccc(S(=O)(=O)[NH2+]S(=O)(=O)c3ccc(C)cc3)cc2)cc(C(C)=O)c1. The molecule has 0 fully saturated rings. The molecule has 3 rings (SSSR count). The van der Waals surface area contributed by atoms with Gasteiger partial charge in [-0.15, -0.1) is 4.13 Å². The van der Waals surface area contributed by atoms with Crippen LogP contribution in [0.5, 0.6) is 11.5 Å². The van der Waals surface area contributed by atoms with Crippen LogP contribution in [-0.4, -0.2) is 28.4 Å². The Morgan fingerprint density at radius 2 is 1.09 bits per heavy atom. The van der Waals surface area contributed by atoms with E-state index in [9.17, 15) is 26.4 Å². The third-order valence-electron chi connectivity index (χ3n) is 4.71. The van der Waals surface area contributed by atoms with Crippen molar-refractivity contribution >= 4 is 31.6 Å². The summed E-state index contributed by atoms with van der Waals surface area (Å²) in [4.78, 5) is 23.1. The lowest BCUT2D eigenvalue weighted by Gasteiger charge is -2.10. The van der Waals surface area contributed by atoms with Crippen LogP contribution in [0, 0.1) is 6.92 Å². The zero-order chi connectivity index (χ0) is 24.4. The summed E-state index contributed by atoms with van der Waals surface area (Å²) >= 11 is 0. The fourth-order valence-electron chi connectivity index (χ4n) is 2.90. The molecule has 2 N–H and O–H groups in total. The molecule has 0 unspecified atom stereocenters. The number of carbonyl (C=O) groups excluding carboxylic acids is 2. The van der Waals surface area contributed by atoms with Gasteiger partial charge in [-0.3, -0.25) is 9.59 Å². The van der Waals surface area contributed by atoms with Crippen LogP contribution in [0.15, 0.2) is 76.5 Å². The smallest absolute Gasteiger partial charge is 0.338 e. The van der Waals surface area contributed by atoms with Crippen molar-refractivity contribution in [1.29, 1.82) is 0 Å². The van der Waals surface area contributed by atoms with Gasteiger partial charge in [0.25, 0.3) is 0 Å². The van der Waals surface area contributed by atoms with Gasteiger partial charge < -0.3 is 4.74 Å². The summed E-state index contributed by atoms with van der Waals surface area (Å²) in [7, 11) is -8.44. The van der Waals surface area contributed by atoms with Crippen LogP contribution in [0.2, 0.25) is 0 Å². The van der Waals surface area contributed by atoms with E-state index in [1.54, 1.807) is 19.1 Å². The minimum atomic E-state index is -4.26. The monoisotopic (exact) mass is 488 g/mol. The number of hydrogen-bond acceptors (Lipinski definition) is 7. The Hall–Kier alpha value is -3.34. The quantitative estimate of drug-likeness (QED) is 0.483. The molecule has 0 aliphatic heterocycles. The Morgan fingerprint density at radius 3 is 1.52 bits per heavy atom. The molecule has 0 aliphatic carbocycles. The molecular formula is C23H22NO7S2+. The number of benzene rings is 3. The number of sulfonamides is 2. The molecular weight excluding hydrogens is 466 g/mol. The van der Waals surface area contributed by atoms with E-state index in [-0.39, 0.29) is 32.9 Å². The zero-order valence-electron chi connectivity index (χ0n) is 18.1. The summed E-state index contributed by atoms with van der Waals surface area (Å²) in [6, 6.07) is 15.4. The maximum atomic E-state index is 12.6. The number of aryl methyl sites for hydroxylation is 1. The van der Waals surface area contributed by atoms with Crippen LogP contribution in [0.3, 0.4) is 0 Å². The third kappa shape index (κ3) is 5.92. The second-order valence-electron chi connectivity index (χ2n) is 7.43. The van der Waals surface area contributed by atoms with E-state index < -0.39 is 20.0 Å². The van der Waals surface area contributed by atoms with Crippen molar-refractivity contribution in [2.45, 2.75) is 30.6 Å². The number of rotatable bonds is 8. The van der Waals surface area contributed by atoms with Crippen LogP contribution < -0.4 is 8.86 Å². The molecule has 0 aliphatic rings. The minimum absolute atomic E-state index is 0.122. The molecule has 3 aromatic rings. The third-order valence-corrected chi connectivity index (χ3v) is 8.60. The Kier molecular flexibility index (Phi) is 6.82. The Morgan fingerprint density at radius 1 is 0.667 bits per heavy atom. The molecule has 0 spiro atoms. The molecule has 0 saturated heterocycles. The van der Waals surface area contributed by atoms with Gasteiger partial charge >= 0.3 is 20.0 Å². The number of quaternary nitrogens is 1. The fraction of sp³-hybridized carbons (Fsp3) is 0.130. The molecule has 0 heterocycles. The van der Waals surface area contributed by atoms with E-state index in [2.05, 4.69) is 0 Å². The Labute approximate surface area is 192 Å². The van der Waals surface area contributed by atoms with Crippen molar-refractivity contribution in [2.75, 3.05) is 0 Å². The van der Waals surface area contributed by atoms with Gasteiger partial charge in [-0.25, -0.2) is 0 Å². The van der Waals surface area contributed by atoms with Crippen molar-refractivity contribution in [1.82, 2.24) is 0 Å². The molecule has 172 valence electrons. The van der Waals surface area contributed by atoms with Gasteiger partial charge in [-0.2, -0.15) is 16.8 Å². The average Bonchev–Trinajstić information content (AvgIpc) is 2.73. The highest BCUT2D eigenvalue weighted by Gasteiger charge is 2.29. The van der Waals surface area contributed by atoms with Gasteiger partial charge in [0.15, 0.2) is 11.6 Å². The maximum absolute atomic E-state index is 12.6. The number of ketones is 2. The van der Waals surface area contributed by atoms with E-state index in [0.29, 0.717) is 15.3 Å². The maximum Gasteiger partial charge on any atom is 0.338 e. The molecule has 8 nitrogen and oxygen atoms in total. The molecule has 0 aromatic heterocycles. The Balaban J connectivity index is 1.83. The number of carbonyl (C=O) groups is 2. The Bertz CT molecular complexity index is 1390. The minimum Gasteiger partial charge on any atom is -0.457 e. The van der Waals surface area contributed by atoms with Gasteiger partial charge in [-0.05, 0) is 75.4 Å². The number of hydrogen-bond donors (Lipinski definition) is 1. The summed E-state index contributed by atoms with van der Waals surface area (Å²) in [5, 5.41) is 0. The van der Waals surface area contributed by atoms with Crippen molar-refractivity contribution in [3.05, 3.63) is 83.4 Å². The van der Waals surface area contributed by atoms with Crippen molar-refractivity contribution in [3.8, 4) is 11.5 Å². The largest absolute Gasteiger partial charge is 0.457 e. The fourth-order valence-corrected chi connectivity index (χ4v) is 6.16. The van der Waals surface area contributed by atoms with Crippen LogP contribution >= 0.6 is 0 Å². The first-order valence-corrected chi connectivity index (χ1v) is 12.8. The second kappa shape index (κ2) is 9.26. The van der Waals surface area contributed by atoms with Gasteiger partial charge in [0.05, 0.1) is 0 Å². The summed E-state index contributed by atoms with van der Waals surface area (Å²) in [6.07, 6.45) is 0. The van der Waals surface area contributed by atoms with Crippen molar-refractivity contribution < 1.29 is 35.3 Å². The predicted octanol–water partition coefficient (Wildman–Crippen LogP) is 2.83. The van der Waals surface area contributed by atoms with Gasteiger partial charge in [0, 0.05) is 11.1 Å². The van der Waals surface area contributed by atoms with Crippen LogP contribution in [0.1, 0.15) is 40.1 Å². The number of primary sulfonamides is 2. The lowest BCUT2D eigenvalue weighted by Crippen LogP contribution is -2.89. The van der Waals surface area contributed by atoms with E-state index in [0.717, 1.165) is 5.56 Å². The first-order chi connectivity index (χ1) is 15.4. The lowest BCUT2D eigenvalue weighted by molar-refractivity contribution is -0.313. The van der Waals surface area contributed by atoms with Crippen LogP contribution in [-0.2, 0) is 20.0 Å². The normalized spacial score (nSPS) is 11.7. The topological polar surface area (TPSA) is 128 Å². The first kappa shape index (κ1) is 24.3. The van der Waals surface area contributed by atoms with E-state index in [1.165, 1.54) is 68.4 Å². The summed E-state index contributed by atoms with van der Waals surface area (Å²) in [5.74, 6) is -0.00741. The second-order valence-corrected chi connectivity index (χ2v) is 11.3. The summed E-state index contributed by atoms with van der Waals surface area (Å²) < 4.78 is 56.3. The molecule has 33 heavy (non-hydrogen) atoms. The molecule has 0 radical (unpaired) electrons. The standard InChI is InChI=1S/C23H21NO7S2/c1-15-4-8-22(9-5-15)32(27,28)24-33(29,30)23-10-6-20(7-11-23)31-21-13-18(16(2)25)12-19(14-21)17(3)26/h4-14,24H,1-3H3/p+1. The highest BCUT2D eigenvalue weighted by Crippen LogP contribution is 2.25. The lowest BCUT2D eigenvalue weighted by atomic mass is 10.0. The summed E-state index contributed by atoms with van der Waals surface area (Å²) in [6.45, 7) is 4.52. The molecule has 3 aromatic carbocycles.